The van der Waals surface area contributed by atoms with Crippen molar-refractivity contribution in [3.63, 3.8) is 0 Å². The van der Waals surface area contributed by atoms with Gasteiger partial charge in [-0.3, -0.25) is 4.52 Å². The molecule has 0 saturated heterocycles. The van der Waals surface area contributed by atoms with Crippen LogP contribution in [-0.2, 0) is 9.09 Å². The van der Waals surface area contributed by atoms with E-state index in [1.807, 2.05) is 0 Å². The number of halogens is 5. The quantitative estimate of drug-likeness (QED) is 0.329. The van der Waals surface area contributed by atoms with Crippen LogP contribution in [0.2, 0.25) is 0 Å². The zero-order chi connectivity index (χ0) is 14.4. The Morgan fingerprint density at radius 3 is 1.83 bits per heavy atom. The van der Waals surface area contributed by atoms with Gasteiger partial charge in [-0.1, -0.05) is 63.7 Å². The van der Waals surface area contributed by atoms with Crippen molar-refractivity contribution in [2.24, 2.45) is 0 Å². The second-order valence-corrected chi connectivity index (χ2v) is 9.75. The lowest BCUT2D eigenvalue weighted by Crippen LogP contribution is -2.34. The summed E-state index contributed by atoms with van der Waals surface area (Å²) in [6, 6.07) is 0. The molecule has 0 fully saturated rings. The first kappa shape index (κ1) is 20.3. The Labute approximate surface area is 145 Å². The summed E-state index contributed by atoms with van der Waals surface area (Å²) >= 11 is 19.9. The van der Waals surface area contributed by atoms with Crippen LogP contribution in [0.25, 0.3) is 0 Å². The Bertz CT molecular complexity index is 278. The lowest BCUT2D eigenvalue weighted by atomic mass is 9.98. The fourth-order valence-corrected chi connectivity index (χ4v) is 4.29. The molecule has 0 heterocycles. The lowest BCUT2D eigenvalue weighted by molar-refractivity contribution is 0.170. The number of phosphoric acid groups is 1. The monoisotopic (exact) mass is 556 g/mol. The summed E-state index contributed by atoms with van der Waals surface area (Å²) in [5, 5.41) is 1.39. The molecule has 0 rings (SSSR count). The van der Waals surface area contributed by atoms with Crippen LogP contribution in [0.4, 0.5) is 0 Å². The van der Waals surface area contributed by atoms with Gasteiger partial charge in [0, 0.05) is 20.3 Å². The minimum Gasteiger partial charge on any atom is -0.303 e. The van der Waals surface area contributed by atoms with E-state index in [-0.39, 0.29) is 16.3 Å². The van der Waals surface area contributed by atoms with E-state index in [0.29, 0.717) is 23.5 Å². The van der Waals surface area contributed by atoms with Crippen molar-refractivity contribution in [1.29, 1.82) is 0 Å². The smallest absolute Gasteiger partial charge is 0.303 e. The second kappa shape index (κ2) is 9.36. The van der Waals surface area contributed by atoms with Gasteiger partial charge in [0.05, 0.1) is 11.5 Å². The molecule has 4 nitrogen and oxygen atoms in total. The molecule has 0 saturated carbocycles. The maximum absolute atomic E-state index is 10.8. The highest BCUT2D eigenvalue weighted by molar-refractivity contribution is 9.12. The summed E-state index contributed by atoms with van der Waals surface area (Å²) in [4.78, 5) is 16.9. The third-order valence-corrected chi connectivity index (χ3v) is 7.48. The van der Waals surface area contributed by atoms with Crippen LogP contribution in [-0.4, -0.2) is 41.6 Å². The molecule has 0 aliphatic rings. The number of phosphoric ester groups is 1. The fraction of sp³-hybridized carbons (Fsp3) is 1.00. The van der Waals surface area contributed by atoms with Crippen molar-refractivity contribution >= 4 is 83.1 Å². The molecular weight excluding hydrogens is 546 g/mol. The van der Waals surface area contributed by atoms with Gasteiger partial charge in [-0.2, -0.15) is 0 Å². The van der Waals surface area contributed by atoms with Crippen LogP contribution in [0, 0.1) is 0 Å². The topological polar surface area (TPSA) is 66.8 Å². The highest BCUT2D eigenvalue weighted by Crippen LogP contribution is 2.41. The lowest BCUT2D eigenvalue weighted by Gasteiger charge is -2.30. The van der Waals surface area contributed by atoms with E-state index in [1.54, 1.807) is 0 Å². The third-order valence-electron chi connectivity index (χ3n) is 2.00. The summed E-state index contributed by atoms with van der Waals surface area (Å²) in [7, 11) is -4.50. The molecule has 18 heavy (non-hydrogen) atoms. The number of hydrogen-bond acceptors (Lipinski definition) is 2. The van der Waals surface area contributed by atoms with Gasteiger partial charge in [0.1, 0.15) is 0 Å². The normalized spacial score (nSPS) is 19.3. The molecule has 0 aliphatic carbocycles. The third kappa shape index (κ3) is 10.1. The molecule has 0 aromatic rings. The average Bonchev–Trinajstić information content (AvgIpc) is 2.25. The maximum Gasteiger partial charge on any atom is 0.469 e. The summed E-state index contributed by atoms with van der Waals surface area (Å²) in [5.74, 6) is 0. The molecule has 0 aromatic carbocycles. The van der Waals surface area contributed by atoms with E-state index in [9.17, 15) is 4.57 Å². The Morgan fingerprint density at radius 2 is 1.56 bits per heavy atom. The number of rotatable bonds is 9. The molecule has 2 N–H and O–H groups in total. The van der Waals surface area contributed by atoms with E-state index in [2.05, 4.69) is 68.2 Å². The molecule has 0 spiro atoms. The maximum atomic E-state index is 10.8. The van der Waals surface area contributed by atoms with E-state index < -0.39 is 12.7 Å². The van der Waals surface area contributed by atoms with Crippen LogP contribution in [0.15, 0.2) is 0 Å². The molecule has 10 heteroatoms. The van der Waals surface area contributed by atoms with Crippen LogP contribution in [0.5, 0.6) is 0 Å². The highest BCUT2D eigenvalue weighted by atomic mass is 79.9. The van der Waals surface area contributed by atoms with E-state index in [4.69, 9.17) is 21.4 Å². The summed E-state index contributed by atoms with van der Waals surface area (Å²) in [6.45, 7) is -0.205. The molecular formula is C8H14Br4ClO4P. The van der Waals surface area contributed by atoms with Gasteiger partial charge in [0.25, 0.3) is 0 Å². The fourth-order valence-electron chi connectivity index (χ4n) is 1.30. The van der Waals surface area contributed by atoms with Gasteiger partial charge in [-0.25, -0.2) is 4.57 Å². The highest BCUT2D eigenvalue weighted by Gasteiger charge is 2.34. The van der Waals surface area contributed by atoms with E-state index >= 15 is 0 Å². The first-order valence-electron chi connectivity index (χ1n) is 4.91. The predicted molar refractivity (Wildman–Crippen MR) is 88.8 cm³/mol. The first-order chi connectivity index (χ1) is 8.12. The number of hydrogen-bond donors (Lipinski definition) is 2. The van der Waals surface area contributed by atoms with Crippen molar-refractivity contribution in [3.8, 4) is 0 Å². The molecule has 0 aliphatic heterocycles. The Hall–Kier alpha value is 2.32. The largest absolute Gasteiger partial charge is 0.469 e. The van der Waals surface area contributed by atoms with Gasteiger partial charge in [-0.15, -0.1) is 11.6 Å². The van der Waals surface area contributed by atoms with Crippen molar-refractivity contribution in [3.05, 3.63) is 0 Å². The first-order valence-corrected chi connectivity index (χ1v) is 10.9. The van der Waals surface area contributed by atoms with Crippen LogP contribution in [0.3, 0.4) is 0 Å². The predicted octanol–water partition coefficient (Wildman–Crippen LogP) is 4.17. The zero-order valence-electron chi connectivity index (χ0n) is 9.24. The molecule has 0 amide bonds. The summed E-state index contributed by atoms with van der Waals surface area (Å²) in [6.07, 6.45) is 1.05. The van der Waals surface area contributed by atoms with E-state index in [0.717, 1.165) is 0 Å². The zero-order valence-corrected chi connectivity index (χ0v) is 17.2. The number of alkyl halides is 5. The molecule has 0 bridgehead atoms. The molecule has 110 valence electrons. The van der Waals surface area contributed by atoms with Crippen molar-refractivity contribution in [2.45, 2.75) is 27.4 Å². The standard InChI is InChI=1S/C8H14Br4ClO4P/c9-3-6(11)1-8(13,2-7(12)4-10)5-17-18(14,15)16/h6-7H,1-5H2,(H2,14,15,16). The minimum atomic E-state index is -4.50. The molecule has 2 unspecified atom stereocenters. The van der Waals surface area contributed by atoms with Crippen molar-refractivity contribution < 1.29 is 18.9 Å². The van der Waals surface area contributed by atoms with Crippen LogP contribution in [0.1, 0.15) is 12.8 Å². The molecule has 0 radical (unpaired) electrons. The summed E-state index contributed by atoms with van der Waals surface area (Å²) in [5.41, 5.74) is 0. The SMILES string of the molecule is O=P(O)(O)OCC(Cl)(CC(Br)CBr)CC(Br)CBr. The van der Waals surface area contributed by atoms with E-state index in [1.165, 1.54) is 0 Å². The van der Waals surface area contributed by atoms with Crippen LogP contribution < -0.4 is 0 Å². The van der Waals surface area contributed by atoms with Crippen LogP contribution >= 0.6 is 83.1 Å². The minimum absolute atomic E-state index is 0.102. The van der Waals surface area contributed by atoms with Gasteiger partial charge in [0.2, 0.25) is 0 Å². The second-order valence-electron chi connectivity index (χ2n) is 3.83. The molecule has 0 aromatic heterocycles. The Balaban J connectivity index is 4.63. The van der Waals surface area contributed by atoms with Gasteiger partial charge >= 0.3 is 7.82 Å². The van der Waals surface area contributed by atoms with Crippen molar-refractivity contribution in [2.75, 3.05) is 17.3 Å². The van der Waals surface area contributed by atoms with Gasteiger partial charge in [0.15, 0.2) is 0 Å². The Morgan fingerprint density at radius 1 is 1.17 bits per heavy atom. The average molecular weight is 560 g/mol. The van der Waals surface area contributed by atoms with Gasteiger partial charge in [-0.05, 0) is 12.8 Å². The molecule has 2 atom stereocenters. The van der Waals surface area contributed by atoms with Crippen molar-refractivity contribution in [1.82, 2.24) is 0 Å². The summed E-state index contributed by atoms with van der Waals surface area (Å²) < 4.78 is 15.3. The Kier molecular flexibility index (Phi) is 10.6. The van der Waals surface area contributed by atoms with Gasteiger partial charge < -0.3 is 9.79 Å².